The SMILES string of the molecule is N#Cc1ccc(CC2CCCC(Cc3ccc(C#N)cc3)C2=O)cc1. The molecule has 0 aromatic heterocycles. The number of benzene rings is 2. The second-order valence-corrected chi connectivity index (χ2v) is 6.75. The van der Waals surface area contributed by atoms with E-state index in [1.807, 2.05) is 48.5 Å². The summed E-state index contributed by atoms with van der Waals surface area (Å²) in [5.74, 6) is 0.509. The monoisotopic (exact) mass is 328 g/mol. The Morgan fingerprint density at radius 1 is 0.760 bits per heavy atom. The van der Waals surface area contributed by atoms with Crippen molar-refractivity contribution < 1.29 is 4.79 Å². The highest BCUT2D eigenvalue weighted by atomic mass is 16.1. The van der Waals surface area contributed by atoms with E-state index in [1.165, 1.54) is 0 Å². The summed E-state index contributed by atoms with van der Waals surface area (Å²) in [6, 6.07) is 19.3. The van der Waals surface area contributed by atoms with Crippen LogP contribution in [0.2, 0.25) is 0 Å². The van der Waals surface area contributed by atoms with Crippen LogP contribution in [0.3, 0.4) is 0 Å². The van der Waals surface area contributed by atoms with Gasteiger partial charge in [-0.2, -0.15) is 10.5 Å². The predicted octanol–water partition coefficient (Wildman–Crippen LogP) is 4.20. The number of nitriles is 2. The van der Waals surface area contributed by atoms with E-state index in [0.29, 0.717) is 16.9 Å². The van der Waals surface area contributed by atoms with Gasteiger partial charge in [-0.3, -0.25) is 4.79 Å². The van der Waals surface area contributed by atoms with Crippen LogP contribution in [0.4, 0.5) is 0 Å². The number of nitrogens with zero attached hydrogens (tertiary/aromatic N) is 2. The maximum Gasteiger partial charge on any atom is 0.139 e. The number of carbonyl (C=O) groups is 1. The Bertz CT molecular complexity index is 753. The number of ketones is 1. The number of Topliss-reactive ketones (excluding diaryl/α,β-unsaturated/α-hetero) is 1. The van der Waals surface area contributed by atoms with Crippen molar-refractivity contribution in [2.45, 2.75) is 32.1 Å². The van der Waals surface area contributed by atoms with Gasteiger partial charge < -0.3 is 0 Å². The first kappa shape index (κ1) is 16.9. The molecule has 25 heavy (non-hydrogen) atoms. The molecular formula is C22H20N2O. The van der Waals surface area contributed by atoms with E-state index in [9.17, 15) is 4.79 Å². The van der Waals surface area contributed by atoms with Gasteiger partial charge in [0.1, 0.15) is 5.78 Å². The average Bonchev–Trinajstić information content (AvgIpc) is 2.66. The van der Waals surface area contributed by atoms with Crippen molar-refractivity contribution in [2.75, 3.05) is 0 Å². The largest absolute Gasteiger partial charge is 0.299 e. The zero-order chi connectivity index (χ0) is 17.6. The molecule has 3 rings (SSSR count). The molecule has 1 aliphatic rings. The lowest BCUT2D eigenvalue weighted by atomic mass is 9.75. The minimum Gasteiger partial charge on any atom is -0.299 e. The van der Waals surface area contributed by atoms with Crippen molar-refractivity contribution in [3.63, 3.8) is 0 Å². The quantitative estimate of drug-likeness (QED) is 0.845. The maximum atomic E-state index is 12.9. The summed E-state index contributed by atoms with van der Waals surface area (Å²) in [6.45, 7) is 0. The van der Waals surface area contributed by atoms with Crippen molar-refractivity contribution in [1.29, 1.82) is 10.5 Å². The lowest BCUT2D eigenvalue weighted by Crippen LogP contribution is -2.31. The molecule has 2 aromatic rings. The Kier molecular flexibility index (Phi) is 5.26. The van der Waals surface area contributed by atoms with Crippen LogP contribution in [0.5, 0.6) is 0 Å². The summed E-state index contributed by atoms with van der Waals surface area (Å²) in [7, 11) is 0. The lowest BCUT2D eigenvalue weighted by molar-refractivity contribution is -0.129. The molecule has 1 aliphatic carbocycles. The van der Waals surface area contributed by atoms with E-state index in [1.54, 1.807) is 0 Å². The molecule has 0 bridgehead atoms. The van der Waals surface area contributed by atoms with Crippen molar-refractivity contribution in [1.82, 2.24) is 0 Å². The summed E-state index contributed by atoms with van der Waals surface area (Å²) in [6.07, 6.45) is 4.49. The zero-order valence-electron chi connectivity index (χ0n) is 14.1. The van der Waals surface area contributed by atoms with Crippen LogP contribution in [0.25, 0.3) is 0 Å². The van der Waals surface area contributed by atoms with Crippen molar-refractivity contribution in [3.8, 4) is 12.1 Å². The van der Waals surface area contributed by atoms with Gasteiger partial charge in [0.25, 0.3) is 0 Å². The molecule has 0 saturated heterocycles. The van der Waals surface area contributed by atoms with Crippen LogP contribution in [0, 0.1) is 34.5 Å². The molecule has 3 nitrogen and oxygen atoms in total. The lowest BCUT2D eigenvalue weighted by Gasteiger charge is -2.28. The molecule has 0 amide bonds. The third kappa shape index (κ3) is 4.14. The normalized spacial score (nSPS) is 19.8. The van der Waals surface area contributed by atoms with Gasteiger partial charge in [0.05, 0.1) is 23.3 Å². The molecule has 1 saturated carbocycles. The second kappa shape index (κ2) is 7.77. The van der Waals surface area contributed by atoms with Gasteiger partial charge >= 0.3 is 0 Å². The standard InChI is InChI=1S/C22H20N2O/c23-14-18-8-4-16(5-9-18)12-20-2-1-3-21(22(20)25)13-17-6-10-19(15-24)11-7-17/h4-11,20-21H,1-3,12-13H2. The highest BCUT2D eigenvalue weighted by Crippen LogP contribution is 2.30. The average molecular weight is 328 g/mol. The first-order chi connectivity index (χ1) is 12.2. The summed E-state index contributed by atoms with van der Waals surface area (Å²) in [5, 5.41) is 17.8. The highest BCUT2D eigenvalue weighted by Gasteiger charge is 2.31. The van der Waals surface area contributed by atoms with E-state index in [4.69, 9.17) is 10.5 Å². The molecule has 0 radical (unpaired) electrons. The van der Waals surface area contributed by atoms with Crippen LogP contribution >= 0.6 is 0 Å². The summed E-state index contributed by atoms with van der Waals surface area (Å²) < 4.78 is 0. The molecule has 0 N–H and O–H groups in total. The fourth-order valence-corrected chi connectivity index (χ4v) is 3.63. The van der Waals surface area contributed by atoms with Crippen molar-refractivity contribution in [3.05, 3.63) is 70.8 Å². The van der Waals surface area contributed by atoms with E-state index < -0.39 is 0 Å². The number of rotatable bonds is 4. The summed E-state index contributed by atoms with van der Waals surface area (Å²) in [5.41, 5.74) is 3.54. The molecule has 0 aliphatic heterocycles. The Morgan fingerprint density at radius 2 is 1.16 bits per heavy atom. The molecule has 0 spiro atoms. The van der Waals surface area contributed by atoms with Gasteiger partial charge in [0.15, 0.2) is 0 Å². The first-order valence-electron chi connectivity index (χ1n) is 8.71. The number of hydrogen-bond acceptors (Lipinski definition) is 3. The Balaban J connectivity index is 1.65. The fourth-order valence-electron chi connectivity index (χ4n) is 3.63. The first-order valence-corrected chi connectivity index (χ1v) is 8.71. The molecule has 1 fully saturated rings. The Morgan fingerprint density at radius 3 is 1.52 bits per heavy atom. The predicted molar refractivity (Wildman–Crippen MR) is 95.6 cm³/mol. The van der Waals surface area contributed by atoms with Crippen LogP contribution in [-0.4, -0.2) is 5.78 Å². The van der Waals surface area contributed by atoms with Crippen LogP contribution < -0.4 is 0 Å². The van der Waals surface area contributed by atoms with Gasteiger partial charge in [0, 0.05) is 11.8 Å². The number of hydrogen-bond donors (Lipinski definition) is 0. The van der Waals surface area contributed by atoms with E-state index >= 15 is 0 Å². The van der Waals surface area contributed by atoms with E-state index in [-0.39, 0.29) is 11.8 Å². The smallest absolute Gasteiger partial charge is 0.139 e. The summed E-state index contributed by atoms with van der Waals surface area (Å²) in [4.78, 5) is 12.9. The molecule has 2 unspecified atom stereocenters. The van der Waals surface area contributed by atoms with Crippen LogP contribution in [0.1, 0.15) is 41.5 Å². The van der Waals surface area contributed by atoms with Gasteiger partial charge in [-0.05, 0) is 61.1 Å². The molecule has 3 heteroatoms. The van der Waals surface area contributed by atoms with Gasteiger partial charge in [0.2, 0.25) is 0 Å². The maximum absolute atomic E-state index is 12.9. The van der Waals surface area contributed by atoms with Gasteiger partial charge in [-0.15, -0.1) is 0 Å². The highest BCUT2D eigenvalue weighted by molar-refractivity contribution is 5.84. The Hall–Kier alpha value is -2.91. The number of carbonyl (C=O) groups excluding carboxylic acids is 1. The minimum atomic E-state index is 0.0741. The molecule has 124 valence electrons. The third-order valence-corrected chi connectivity index (χ3v) is 5.04. The van der Waals surface area contributed by atoms with E-state index in [2.05, 4.69) is 12.1 Å². The second-order valence-electron chi connectivity index (χ2n) is 6.75. The summed E-state index contributed by atoms with van der Waals surface area (Å²) >= 11 is 0. The van der Waals surface area contributed by atoms with Crippen LogP contribution in [-0.2, 0) is 17.6 Å². The zero-order valence-corrected chi connectivity index (χ0v) is 14.1. The van der Waals surface area contributed by atoms with Gasteiger partial charge in [-0.25, -0.2) is 0 Å². The topological polar surface area (TPSA) is 64.7 Å². The molecule has 2 aromatic carbocycles. The van der Waals surface area contributed by atoms with E-state index in [0.717, 1.165) is 43.2 Å². The van der Waals surface area contributed by atoms with Crippen LogP contribution in [0.15, 0.2) is 48.5 Å². The minimum absolute atomic E-state index is 0.0741. The molecule has 0 heterocycles. The van der Waals surface area contributed by atoms with Gasteiger partial charge in [-0.1, -0.05) is 30.7 Å². The third-order valence-electron chi connectivity index (χ3n) is 5.04. The van der Waals surface area contributed by atoms with Crippen molar-refractivity contribution in [2.24, 2.45) is 11.8 Å². The molecular weight excluding hydrogens is 308 g/mol. The fraction of sp³-hybridized carbons (Fsp3) is 0.318. The van der Waals surface area contributed by atoms with Crippen molar-refractivity contribution >= 4 is 5.78 Å². The molecule has 2 atom stereocenters. The Labute approximate surface area is 148 Å².